The van der Waals surface area contributed by atoms with Crippen LogP contribution in [0.4, 0.5) is 5.69 Å². The third-order valence-corrected chi connectivity index (χ3v) is 4.39. The number of nitrogens with one attached hydrogen (secondary N) is 1. The van der Waals surface area contributed by atoms with Gasteiger partial charge in [-0.2, -0.15) is 0 Å². The number of carbonyl (C=O) groups is 2. The molecule has 2 aromatic carbocycles. The van der Waals surface area contributed by atoms with Gasteiger partial charge in [0.25, 0.3) is 5.91 Å². The highest BCUT2D eigenvalue weighted by Gasteiger charge is 2.29. The summed E-state index contributed by atoms with van der Waals surface area (Å²) in [6.07, 6.45) is 1.90. The Bertz CT molecular complexity index is 757. The monoisotopic (exact) mass is 352 g/mol. The lowest BCUT2D eigenvalue weighted by atomic mass is 10.1. The van der Waals surface area contributed by atoms with Crippen LogP contribution in [0.15, 0.2) is 54.6 Å². The van der Waals surface area contributed by atoms with Gasteiger partial charge in [0, 0.05) is 37.4 Å². The van der Waals surface area contributed by atoms with Gasteiger partial charge in [-0.1, -0.05) is 36.4 Å². The number of rotatable bonds is 8. The van der Waals surface area contributed by atoms with Gasteiger partial charge in [0.1, 0.15) is 0 Å². The second kappa shape index (κ2) is 8.63. The third-order valence-electron chi connectivity index (χ3n) is 4.39. The molecule has 0 heterocycles. The maximum atomic E-state index is 13.0. The first-order valence-electron chi connectivity index (χ1n) is 8.90. The largest absolute Gasteiger partial charge is 0.383 e. The predicted octanol–water partition coefficient (Wildman–Crippen LogP) is 3.32. The number of ether oxygens (including phenoxy) is 1. The summed E-state index contributed by atoms with van der Waals surface area (Å²) in [6.45, 7) is 1.49. The van der Waals surface area contributed by atoms with E-state index in [0.29, 0.717) is 30.9 Å². The molecular weight excluding hydrogens is 328 g/mol. The zero-order chi connectivity index (χ0) is 18.4. The van der Waals surface area contributed by atoms with Crippen molar-refractivity contribution in [2.24, 2.45) is 5.92 Å². The lowest BCUT2D eigenvalue weighted by molar-refractivity contribution is -0.117. The van der Waals surface area contributed by atoms with E-state index in [2.05, 4.69) is 5.32 Å². The topological polar surface area (TPSA) is 58.6 Å². The van der Waals surface area contributed by atoms with Crippen molar-refractivity contribution in [3.63, 3.8) is 0 Å². The van der Waals surface area contributed by atoms with Gasteiger partial charge >= 0.3 is 0 Å². The summed E-state index contributed by atoms with van der Waals surface area (Å²) in [6, 6.07) is 17.0. The zero-order valence-electron chi connectivity index (χ0n) is 15.0. The summed E-state index contributed by atoms with van der Waals surface area (Å²) < 4.78 is 5.15. The van der Waals surface area contributed by atoms with E-state index in [9.17, 15) is 9.59 Å². The van der Waals surface area contributed by atoms with Crippen molar-refractivity contribution in [3.05, 3.63) is 65.7 Å². The van der Waals surface area contributed by atoms with Gasteiger partial charge in [-0.3, -0.25) is 9.59 Å². The predicted molar refractivity (Wildman–Crippen MR) is 101 cm³/mol. The van der Waals surface area contributed by atoms with E-state index in [1.807, 2.05) is 36.4 Å². The summed E-state index contributed by atoms with van der Waals surface area (Å²) in [4.78, 5) is 26.7. The van der Waals surface area contributed by atoms with E-state index in [0.717, 1.165) is 18.4 Å². The Morgan fingerprint density at radius 1 is 1.12 bits per heavy atom. The first-order chi connectivity index (χ1) is 12.7. The van der Waals surface area contributed by atoms with Crippen molar-refractivity contribution >= 4 is 17.5 Å². The Labute approximate surface area is 154 Å². The molecule has 0 atom stereocenters. The van der Waals surface area contributed by atoms with Gasteiger partial charge in [-0.25, -0.2) is 0 Å². The fourth-order valence-electron chi connectivity index (χ4n) is 2.76. The van der Waals surface area contributed by atoms with Crippen molar-refractivity contribution in [2.75, 3.05) is 25.6 Å². The summed E-state index contributed by atoms with van der Waals surface area (Å²) in [7, 11) is 1.62. The second-order valence-corrected chi connectivity index (χ2v) is 6.55. The molecule has 0 bridgehead atoms. The maximum absolute atomic E-state index is 13.0. The Morgan fingerprint density at radius 2 is 1.88 bits per heavy atom. The van der Waals surface area contributed by atoms with Crippen LogP contribution in [-0.2, 0) is 16.1 Å². The minimum atomic E-state index is -0.0755. The molecular formula is C21H24N2O3. The summed E-state index contributed by atoms with van der Waals surface area (Å²) in [5.74, 6) is 0.0918. The van der Waals surface area contributed by atoms with Crippen LogP contribution in [0.3, 0.4) is 0 Å². The maximum Gasteiger partial charge on any atom is 0.254 e. The van der Waals surface area contributed by atoms with E-state index in [4.69, 9.17) is 4.74 Å². The van der Waals surface area contributed by atoms with Crippen molar-refractivity contribution in [1.29, 1.82) is 0 Å². The molecule has 0 saturated heterocycles. The summed E-state index contributed by atoms with van der Waals surface area (Å²) >= 11 is 0. The fraction of sp³-hybridized carbons (Fsp3) is 0.333. The molecule has 1 saturated carbocycles. The minimum absolute atomic E-state index is 0.0372. The molecule has 1 fully saturated rings. The molecule has 136 valence electrons. The molecule has 1 aliphatic carbocycles. The van der Waals surface area contributed by atoms with Crippen molar-refractivity contribution in [1.82, 2.24) is 4.90 Å². The van der Waals surface area contributed by atoms with Crippen LogP contribution in [0.25, 0.3) is 0 Å². The molecule has 0 aromatic heterocycles. The smallest absolute Gasteiger partial charge is 0.254 e. The Kier molecular flexibility index (Phi) is 6.02. The quantitative estimate of drug-likeness (QED) is 0.793. The van der Waals surface area contributed by atoms with Gasteiger partial charge in [-0.15, -0.1) is 0 Å². The van der Waals surface area contributed by atoms with E-state index < -0.39 is 0 Å². The molecule has 5 heteroatoms. The molecule has 2 amide bonds. The van der Waals surface area contributed by atoms with Crippen LogP contribution < -0.4 is 5.32 Å². The minimum Gasteiger partial charge on any atom is -0.383 e. The van der Waals surface area contributed by atoms with E-state index >= 15 is 0 Å². The second-order valence-electron chi connectivity index (χ2n) is 6.55. The van der Waals surface area contributed by atoms with Gasteiger partial charge in [0.15, 0.2) is 0 Å². The van der Waals surface area contributed by atoms with Gasteiger partial charge in [0.2, 0.25) is 5.91 Å². The van der Waals surface area contributed by atoms with E-state index in [1.54, 1.807) is 30.2 Å². The summed E-state index contributed by atoms with van der Waals surface area (Å²) in [5.41, 5.74) is 2.29. The lowest BCUT2D eigenvalue weighted by Crippen LogP contribution is -2.33. The van der Waals surface area contributed by atoms with Crippen LogP contribution in [-0.4, -0.2) is 37.0 Å². The highest BCUT2D eigenvalue weighted by molar-refractivity contribution is 5.98. The molecule has 1 N–H and O–H groups in total. The molecule has 3 rings (SSSR count). The van der Waals surface area contributed by atoms with Crippen molar-refractivity contribution < 1.29 is 14.3 Å². The van der Waals surface area contributed by atoms with E-state index in [1.165, 1.54) is 0 Å². The number of nitrogens with zero attached hydrogens (tertiary/aromatic N) is 1. The highest BCUT2D eigenvalue weighted by Crippen LogP contribution is 2.30. The molecule has 0 aliphatic heterocycles. The Balaban J connectivity index is 1.73. The summed E-state index contributed by atoms with van der Waals surface area (Å²) in [5, 5.41) is 2.90. The number of carbonyl (C=O) groups excluding carboxylic acids is 2. The molecule has 5 nitrogen and oxygen atoms in total. The van der Waals surface area contributed by atoms with Crippen LogP contribution in [0.5, 0.6) is 0 Å². The Hall–Kier alpha value is -2.66. The van der Waals surface area contributed by atoms with E-state index in [-0.39, 0.29) is 17.7 Å². The average Bonchev–Trinajstić information content (AvgIpc) is 3.51. The first-order valence-corrected chi connectivity index (χ1v) is 8.90. The number of hydrogen-bond acceptors (Lipinski definition) is 3. The van der Waals surface area contributed by atoms with Crippen LogP contribution in [0.2, 0.25) is 0 Å². The average molecular weight is 352 g/mol. The molecule has 1 aliphatic rings. The van der Waals surface area contributed by atoms with Crippen molar-refractivity contribution in [2.45, 2.75) is 19.4 Å². The molecule has 0 unspecified atom stereocenters. The number of methoxy groups -OCH3 is 1. The van der Waals surface area contributed by atoms with Gasteiger partial charge in [-0.05, 0) is 36.6 Å². The number of hydrogen-bond donors (Lipinski definition) is 1. The third kappa shape index (κ3) is 4.92. The SMILES string of the molecule is COCCN(Cc1ccccc1)C(=O)c1cccc(NC(=O)C2CC2)c1. The number of amides is 2. The lowest BCUT2D eigenvalue weighted by Gasteiger charge is -2.23. The first kappa shape index (κ1) is 18.1. The molecule has 0 spiro atoms. The molecule has 26 heavy (non-hydrogen) atoms. The highest BCUT2D eigenvalue weighted by atomic mass is 16.5. The molecule has 2 aromatic rings. The Morgan fingerprint density at radius 3 is 2.58 bits per heavy atom. The molecule has 0 radical (unpaired) electrons. The zero-order valence-corrected chi connectivity index (χ0v) is 15.0. The van der Waals surface area contributed by atoms with Crippen LogP contribution >= 0.6 is 0 Å². The van der Waals surface area contributed by atoms with Crippen LogP contribution in [0, 0.1) is 5.92 Å². The van der Waals surface area contributed by atoms with Gasteiger partial charge in [0.05, 0.1) is 6.61 Å². The standard InChI is InChI=1S/C21H24N2O3/c1-26-13-12-23(15-16-6-3-2-4-7-16)21(25)18-8-5-9-19(14-18)22-20(24)17-10-11-17/h2-9,14,17H,10-13,15H2,1H3,(H,22,24). The van der Waals surface area contributed by atoms with Crippen molar-refractivity contribution in [3.8, 4) is 0 Å². The number of benzene rings is 2. The van der Waals surface area contributed by atoms with Crippen LogP contribution in [0.1, 0.15) is 28.8 Å². The number of anilines is 1. The van der Waals surface area contributed by atoms with Gasteiger partial charge < -0.3 is 15.0 Å². The normalized spacial score (nSPS) is 13.3. The fourth-order valence-corrected chi connectivity index (χ4v) is 2.76.